The highest BCUT2D eigenvalue weighted by Gasteiger charge is 2.26. The van der Waals surface area contributed by atoms with Crippen LogP contribution >= 0.6 is 0 Å². The van der Waals surface area contributed by atoms with Gasteiger partial charge >= 0.3 is 0 Å². The first-order valence-electron chi connectivity index (χ1n) is 9.24. The van der Waals surface area contributed by atoms with Gasteiger partial charge in [-0.1, -0.05) is 22.4 Å². The molecule has 0 aliphatic heterocycles. The molecule has 1 rings (SSSR count). The fourth-order valence-corrected chi connectivity index (χ4v) is 2.51. The van der Waals surface area contributed by atoms with Gasteiger partial charge < -0.3 is 26.8 Å². The third-order valence-corrected chi connectivity index (χ3v) is 5.28. The summed E-state index contributed by atoms with van der Waals surface area (Å²) in [6, 6.07) is 7.90. The molecule has 0 radical (unpaired) electrons. The maximum atomic E-state index is 9.08. The zero-order valence-corrected chi connectivity index (χ0v) is 17.4. The second-order valence-electron chi connectivity index (χ2n) is 8.19. The number of benzene rings is 1. The molecule has 0 aliphatic rings. The van der Waals surface area contributed by atoms with E-state index < -0.39 is 11.1 Å². The SMILES string of the molecule is CC(=NO)C(C)(C)NCC(CNC(C)(C)C(C)=NO)Cc1ccc(N)cc1. The summed E-state index contributed by atoms with van der Waals surface area (Å²) in [4.78, 5) is 0. The normalized spacial score (nSPS) is 15.0. The summed E-state index contributed by atoms with van der Waals surface area (Å²) in [5.41, 5.74) is 8.18. The van der Waals surface area contributed by atoms with E-state index in [9.17, 15) is 0 Å². The van der Waals surface area contributed by atoms with Crippen LogP contribution in [0.2, 0.25) is 0 Å². The summed E-state index contributed by atoms with van der Waals surface area (Å²) < 4.78 is 0. The smallest absolute Gasteiger partial charge is 0.0734 e. The van der Waals surface area contributed by atoms with E-state index in [0.29, 0.717) is 11.4 Å². The Morgan fingerprint density at radius 1 is 0.926 bits per heavy atom. The van der Waals surface area contributed by atoms with Crippen molar-refractivity contribution in [3.05, 3.63) is 29.8 Å². The van der Waals surface area contributed by atoms with Crippen molar-refractivity contribution >= 4 is 17.1 Å². The van der Waals surface area contributed by atoms with Crippen LogP contribution in [0.1, 0.15) is 47.1 Å². The van der Waals surface area contributed by atoms with Crippen LogP contribution in [0.25, 0.3) is 0 Å². The van der Waals surface area contributed by atoms with Crippen molar-refractivity contribution < 1.29 is 10.4 Å². The highest BCUT2D eigenvalue weighted by Crippen LogP contribution is 2.15. The number of rotatable bonds is 10. The van der Waals surface area contributed by atoms with Gasteiger partial charge in [0.05, 0.1) is 22.5 Å². The largest absolute Gasteiger partial charge is 0.411 e. The van der Waals surface area contributed by atoms with Crippen molar-refractivity contribution in [2.75, 3.05) is 18.8 Å². The molecule has 0 fully saturated rings. The molecule has 27 heavy (non-hydrogen) atoms. The molecule has 1 aromatic carbocycles. The molecule has 0 unspecified atom stereocenters. The summed E-state index contributed by atoms with van der Waals surface area (Å²) in [5, 5.41) is 31.8. The molecular weight excluding hydrogens is 342 g/mol. The molecule has 6 N–H and O–H groups in total. The molecule has 7 heteroatoms. The van der Waals surface area contributed by atoms with E-state index in [1.807, 2.05) is 52.0 Å². The molecule has 0 aliphatic carbocycles. The van der Waals surface area contributed by atoms with Crippen molar-refractivity contribution in [2.45, 2.75) is 59.0 Å². The topological polar surface area (TPSA) is 115 Å². The van der Waals surface area contributed by atoms with Gasteiger partial charge in [0.1, 0.15) is 0 Å². The number of nitrogens with zero attached hydrogens (tertiary/aromatic N) is 2. The molecule has 7 nitrogen and oxygen atoms in total. The van der Waals surface area contributed by atoms with E-state index in [2.05, 4.69) is 20.9 Å². The molecule has 0 spiro atoms. The van der Waals surface area contributed by atoms with Gasteiger partial charge in [-0.15, -0.1) is 0 Å². The number of oxime groups is 2. The number of nitrogens with one attached hydrogen (secondary N) is 2. The van der Waals surface area contributed by atoms with Crippen molar-refractivity contribution in [3.63, 3.8) is 0 Å². The summed E-state index contributed by atoms with van der Waals surface area (Å²) >= 11 is 0. The maximum Gasteiger partial charge on any atom is 0.0734 e. The van der Waals surface area contributed by atoms with Gasteiger partial charge in [-0.25, -0.2) is 0 Å². The Kier molecular flexibility index (Phi) is 8.24. The zero-order chi connectivity index (χ0) is 20.7. The minimum Gasteiger partial charge on any atom is -0.411 e. The van der Waals surface area contributed by atoms with Gasteiger partial charge in [-0.3, -0.25) is 0 Å². The second kappa shape index (κ2) is 9.71. The van der Waals surface area contributed by atoms with Crippen LogP contribution in [-0.2, 0) is 6.42 Å². The fourth-order valence-electron chi connectivity index (χ4n) is 2.51. The number of hydrogen-bond acceptors (Lipinski definition) is 7. The Hall–Kier alpha value is -2.12. The van der Waals surface area contributed by atoms with E-state index in [1.165, 1.54) is 5.56 Å². The molecule has 0 amide bonds. The number of anilines is 1. The zero-order valence-electron chi connectivity index (χ0n) is 17.4. The Morgan fingerprint density at radius 2 is 1.33 bits per heavy atom. The molecule has 0 saturated heterocycles. The Bertz CT molecular complexity index is 617. The van der Waals surface area contributed by atoms with Crippen molar-refractivity contribution in [1.29, 1.82) is 0 Å². The summed E-state index contributed by atoms with van der Waals surface area (Å²) in [6.07, 6.45) is 0.858. The third-order valence-electron chi connectivity index (χ3n) is 5.28. The lowest BCUT2D eigenvalue weighted by Crippen LogP contribution is -2.52. The van der Waals surface area contributed by atoms with Gasteiger partial charge in [0.2, 0.25) is 0 Å². The minimum atomic E-state index is -0.411. The Morgan fingerprint density at radius 3 is 1.70 bits per heavy atom. The van der Waals surface area contributed by atoms with E-state index >= 15 is 0 Å². The van der Waals surface area contributed by atoms with Crippen LogP contribution in [0.3, 0.4) is 0 Å². The highest BCUT2D eigenvalue weighted by molar-refractivity contribution is 5.90. The first-order valence-corrected chi connectivity index (χ1v) is 9.24. The van der Waals surface area contributed by atoms with Crippen molar-refractivity contribution in [2.24, 2.45) is 16.2 Å². The number of nitrogen functional groups attached to an aromatic ring is 1. The summed E-state index contributed by atoms with van der Waals surface area (Å²) in [6.45, 7) is 13.0. The molecule has 0 aromatic heterocycles. The first-order chi connectivity index (χ1) is 12.5. The van der Waals surface area contributed by atoms with Crippen LogP contribution in [0.4, 0.5) is 5.69 Å². The van der Waals surface area contributed by atoms with Gasteiger partial charge in [0.15, 0.2) is 0 Å². The predicted molar refractivity (Wildman–Crippen MR) is 112 cm³/mol. The molecule has 0 heterocycles. The average Bonchev–Trinajstić information content (AvgIpc) is 2.64. The van der Waals surface area contributed by atoms with Gasteiger partial charge in [-0.05, 0) is 71.6 Å². The van der Waals surface area contributed by atoms with Gasteiger partial charge in [0.25, 0.3) is 0 Å². The molecule has 0 saturated carbocycles. The van der Waals surface area contributed by atoms with Crippen LogP contribution < -0.4 is 16.4 Å². The van der Waals surface area contributed by atoms with E-state index in [4.69, 9.17) is 16.1 Å². The molecular formula is C20H35N5O2. The fraction of sp³-hybridized carbons (Fsp3) is 0.600. The second-order valence-corrected chi connectivity index (χ2v) is 8.19. The minimum absolute atomic E-state index is 0.269. The standard InChI is InChI=1S/C20H35N5O2/c1-14(24-26)19(3,4)22-12-17(11-16-7-9-18(21)10-8-16)13-23-20(5,6)15(2)25-27/h7-10,17,22-23,26-27H,11-13,21H2,1-6H3. The number of nitrogens with two attached hydrogens (primary N) is 1. The monoisotopic (exact) mass is 377 g/mol. The Labute approximate surface area is 162 Å². The molecule has 152 valence electrons. The highest BCUT2D eigenvalue weighted by atomic mass is 16.4. The summed E-state index contributed by atoms with van der Waals surface area (Å²) in [7, 11) is 0. The van der Waals surface area contributed by atoms with Crippen LogP contribution in [-0.4, -0.2) is 46.0 Å². The lowest BCUT2D eigenvalue weighted by molar-refractivity contribution is 0.303. The van der Waals surface area contributed by atoms with E-state index in [-0.39, 0.29) is 5.92 Å². The van der Waals surface area contributed by atoms with Crippen molar-refractivity contribution in [1.82, 2.24) is 10.6 Å². The lowest BCUT2D eigenvalue weighted by Gasteiger charge is -2.31. The molecule has 0 atom stereocenters. The lowest BCUT2D eigenvalue weighted by atomic mass is 9.93. The average molecular weight is 378 g/mol. The van der Waals surface area contributed by atoms with Crippen LogP contribution in [0.5, 0.6) is 0 Å². The molecule has 0 bridgehead atoms. The summed E-state index contributed by atoms with van der Waals surface area (Å²) in [5.74, 6) is 0.269. The van der Waals surface area contributed by atoms with Crippen LogP contribution in [0, 0.1) is 5.92 Å². The van der Waals surface area contributed by atoms with Gasteiger partial charge in [0, 0.05) is 18.8 Å². The first kappa shape index (κ1) is 22.9. The van der Waals surface area contributed by atoms with E-state index in [0.717, 1.165) is 25.2 Å². The molecule has 1 aromatic rings. The maximum absolute atomic E-state index is 9.08. The van der Waals surface area contributed by atoms with Gasteiger partial charge in [-0.2, -0.15) is 0 Å². The third kappa shape index (κ3) is 7.19. The Balaban J connectivity index is 2.87. The van der Waals surface area contributed by atoms with Crippen molar-refractivity contribution in [3.8, 4) is 0 Å². The van der Waals surface area contributed by atoms with E-state index in [1.54, 1.807) is 13.8 Å². The van der Waals surface area contributed by atoms with Crippen LogP contribution in [0.15, 0.2) is 34.6 Å². The quantitative estimate of drug-likeness (QED) is 0.186. The number of hydrogen-bond donors (Lipinski definition) is 5. The predicted octanol–water partition coefficient (Wildman–Crippen LogP) is 2.86.